The zero-order valence-corrected chi connectivity index (χ0v) is 35.2. The fourth-order valence-electron chi connectivity index (χ4n) is 8.00. The number of allylic oxidation sites excluding steroid dienone is 1. The molecule has 2 aliphatic heterocycles. The third kappa shape index (κ3) is 9.95. The number of nitrogens with zero attached hydrogens (tertiary/aromatic N) is 4. The molecule has 0 bridgehead atoms. The quantitative estimate of drug-likeness (QED) is 0.105. The first-order chi connectivity index (χ1) is 27.6. The number of likely N-dealkylation sites (N-methyl/N-ethyl adjacent to an activating group) is 1. The summed E-state index contributed by atoms with van der Waals surface area (Å²) in [5, 5.41) is 16.3. The topological polar surface area (TPSA) is 137 Å². The summed E-state index contributed by atoms with van der Waals surface area (Å²) in [6.07, 6.45) is 4.00. The maximum atomic E-state index is 13.8. The van der Waals surface area contributed by atoms with E-state index in [9.17, 15) is 23.3 Å². The van der Waals surface area contributed by atoms with Gasteiger partial charge >= 0.3 is 0 Å². The first-order valence-electron chi connectivity index (χ1n) is 19.4. The number of rotatable bonds is 12. The van der Waals surface area contributed by atoms with Crippen molar-refractivity contribution in [3.05, 3.63) is 122 Å². The molecule has 0 aromatic heterocycles. The third-order valence-corrected chi connectivity index (χ3v) is 13.0. The van der Waals surface area contributed by atoms with Gasteiger partial charge in [-0.1, -0.05) is 60.8 Å². The maximum absolute atomic E-state index is 13.8. The summed E-state index contributed by atoms with van der Waals surface area (Å²) in [7, 11) is -2.57. The lowest BCUT2D eigenvalue weighted by Gasteiger charge is -2.39. The number of nitro groups is 1. The molecule has 0 saturated carbocycles. The van der Waals surface area contributed by atoms with Crippen LogP contribution in [0.2, 0.25) is 10.0 Å². The number of benzene rings is 4. The molecule has 0 unspecified atom stereocenters. The second-order valence-corrected chi connectivity index (χ2v) is 18.8. The molecule has 306 valence electrons. The van der Waals surface area contributed by atoms with Crippen LogP contribution in [0, 0.1) is 15.5 Å². The summed E-state index contributed by atoms with van der Waals surface area (Å²) >= 11 is 12.5. The molecule has 58 heavy (non-hydrogen) atoms. The highest BCUT2D eigenvalue weighted by atomic mass is 35.5. The maximum Gasteiger partial charge on any atom is 0.293 e. The molecule has 12 nitrogen and oxygen atoms in total. The summed E-state index contributed by atoms with van der Waals surface area (Å²) in [6, 6.07) is 23.5. The van der Waals surface area contributed by atoms with Crippen LogP contribution in [0.25, 0.3) is 5.57 Å². The number of amides is 1. The van der Waals surface area contributed by atoms with Crippen molar-refractivity contribution < 1.29 is 22.9 Å². The number of ether oxygens (including phenoxy) is 1. The number of hydrogen-bond donors (Lipinski definition) is 2. The molecule has 3 aliphatic rings. The highest BCUT2D eigenvalue weighted by Crippen LogP contribution is 2.43. The average molecular weight is 848 g/mol. The number of carbonyl (C=O) groups is 1. The summed E-state index contributed by atoms with van der Waals surface area (Å²) in [5.74, 6) is -0.462. The van der Waals surface area contributed by atoms with E-state index in [1.807, 2.05) is 19.2 Å². The van der Waals surface area contributed by atoms with Gasteiger partial charge in [0.25, 0.3) is 21.6 Å². The Hall–Kier alpha value is -4.66. The van der Waals surface area contributed by atoms with E-state index in [0.29, 0.717) is 17.3 Å². The molecule has 1 aliphatic carbocycles. The molecule has 1 atom stereocenters. The monoisotopic (exact) mass is 846 g/mol. The van der Waals surface area contributed by atoms with Crippen LogP contribution in [0.4, 0.5) is 17.1 Å². The largest absolute Gasteiger partial charge is 0.456 e. The molecule has 4 aromatic carbocycles. The second kappa shape index (κ2) is 17.3. The first kappa shape index (κ1) is 41.5. The number of nitro benzene ring substituents is 1. The molecule has 4 aromatic rings. The van der Waals surface area contributed by atoms with Gasteiger partial charge in [-0.15, -0.1) is 0 Å². The first-order valence-corrected chi connectivity index (χ1v) is 21.7. The summed E-state index contributed by atoms with van der Waals surface area (Å²) in [4.78, 5) is 31.6. The molecule has 0 radical (unpaired) electrons. The van der Waals surface area contributed by atoms with Gasteiger partial charge < -0.3 is 19.9 Å². The van der Waals surface area contributed by atoms with Gasteiger partial charge in [-0.05, 0) is 110 Å². The minimum atomic E-state index is -4.53. The van der Waals surface area contributed by atoms with Gasteiger partial charge in [-0.3, -0.25) is 19.8 Å². The van der Waals surface area contributed by atoms with Crippen LogP contribution in [0.15, 0.2) is 95.4 Å². The lowest BCUT2D eigenvalue weighted by atomic mass is 9.72. The standard InChI is InChI=1S/C43H48Cl2N6O6S/c1-43(2)17-15-30(38(26-43)29-7-9-31(44)10-8-29)27-49-19-21-50(22-20-49)34-11-13-37(41(24-34)57-35-6-4-5-32(45)23-35)42(52)47-58(55,56)36-12-14-39(40(25-36)51(53)54)46-33-16-18-48(3)28-33/h4-14,23-25,33,46H,15-22,26-28H2,1-3H3,(H,47,52)/t33-/m0/s1. The van der Waals surface area contributed by atoms with Crippen molar-refractivity contribution in [2.45, 2.75) is 50.5 Å². The number of likely N-dealkylation sites (tertiary alicyclic amines) is 1. The minimum absolute atomic E-state index is 0.0170. The van der Waals surface area contributed by atoms with E-state index >= 15 is 0 Å². The van der Waals surface area contributed by atoms with Crippen molar-refractivity contribution in [2.24, 2.45) is 5.41 Å². The number of anilines is 2. The Kier molecular flexibility index (Phi) is 12.4. The smallest absolute Gasteiger partial charge is 0.293 e. The molecule has 2 N–H and O–H groups in total. The second-order valence-electron chi connectivity index (χ2n) is 16.2. The normalized spacial score (nSPS) is 18.9. The van der Waals surface area contributed by atoms with Crippen LogP contribution < -0.4 is 19.7 Å². The predicted octanol–water partition coefficient (Wildman–Crippen LogP) is 8.71. The van der Waals surface area contributed by atoms with Crippen molar-refractivity contribution in [3.63, 3.8) is 0 Å². The van der Waals surface area contributed by atoms with E-state index in [1.54, 1.807) is 36.4 Å². The lowest BCUT2D eigenvalue weighted by Crippen LogP contribution is -2.47. The fraction of sp³-hybridized carbons (Fsp3) is 0.372. The van der Waals surface area contributed by atoms with E-state index in [-0.39, 0.29) is 28.5 Å². The van der Waals surface area contributed by atoms with Gasteiger partial charge in [-0.25, -0.2) is 13.1 Å². The van der Waals surface area contributed by atoms with Crippen molar-refractivity contribution in [1.29, 1.82) is 0 Å². The van der Waals surface area contributed by atoms with Gasteiger partial charge in [0, 0.05) is 73.2 Å². The van der Waals surface area contributed by atoms with Crippen molar-refractivity contribution in [1.82, 2.24) is 14.5 Å². The molecule has 2 heterocycles. The molecular weight excluding hydrogens is 799 g/mol. The Morgan fingerprint density at radius 1 is 0.948 bits per heavy atom. The van der Waals surface area contributed by atoms with E-state index < -0.39 is 31.4 Å². The summed E-state index contributed by atoms with van der Waals surface area (Å²) in [5.41, 5.74) is 4.92. The molecule has 2 saturated heterocycles. The lowest BCUT2D eigenvalue weighted by molar-refractivity contribution is -0.384. The predicted molar refractivity (Wildman–Crippen MR) is 230 cm³/mol. The number of halogens is 2. The van der Waals surface area contributed by atoms with Crippen molar-refractivity contribution in [2.75, 3.05) is 63.1 Å². The van der Waals surface area contributed by atoms with Crippen LogP contribution in [0.5, 0.6) is 11.5 Å². The van der Waals surface area contributed by atoms with E-state index in [4.69, 9.17) is 27.9 Å². The van der Waals surface area contributed by atoms with Crippen LogP contribution in [0.1, 0.15) is 55.5 Å². The van der Waals surface area contributed by atoms with Crippen molar-refractivity contribution in [3.8, 4) is 11.5 Å². The van der Waals surface area contributed by atoms with Gasteiger partial charge in [0.1, 0.15) is 17.2 Å². The van der Waals surface area contributed by atoms with Crippen molar-refractivity contribution >= 4 is 61.8 Å². The van der Waals surface area contributed by atoms with E-state index in [2.05, 4.69) is 50.7 Å². The van der Waals surface area contributed by atoms with Gasteiger partial charge in [-0.2, -0.15) is 0 Å². The van der Waals surface area contributed by atoms with Crippen LogP contribution in [-0.4, -0.2) is 88.0 Å². The van der Waals surface area contributed by atoms with Crippen LogP contribution >= 0.6 is 23.2 Å². The fourth-order valence-corrected chi connectivity index (χ4v) is 9.29. The van der Waals surface area contributed by atoms with E-state index in [0.717, 1.165) is 81.7 Å². The number of nitrogens with one attached hydrogen (secondary N) is 2. The Balaban J connectivity index is 1.09. The molecule has 0 spiro atoms. The van der Waals surface area contributed by atoms with Gasteiger partial charge in [0.05, 0.1) is 15.4 Å². The van der Waals surface area contributed by atoms with Crippen LogP contribution in [0.3, 0.4) is 0 Å². The Bertz CT molecular complexity index is 2330. The number of hydrogen-bond acceptors (Lipinski definition) is 10. The Morgan fingerprint density at radius 2 is 1.71 bits per heavy atom. The summed E-state index contributed by atoms with van der Waals surface area (Å²) < 4.78 is 35.5. The van der Waals surface area contributed by atoms with Gasteiger partial charge in [0.15, 0.2) is 0 Å². The summed E-state index contributed by atoms with van der Waals surface area (Å²) in [6.45, 7) is 10.2. The number of sulfonamides is 1. The number of piperazine rings is 1. The highest BCUT2D eigenvalue weighted by molar-refractivity contribution is 7.90. The highest BCUT2D eigenvalue weighted by Gasteiger charge is 2.31. The average Bonchev–Trinajstić information content (AvgIpc) is 3.59. The zero-order chi connectivity index (χ0) is 41.2. The molecular formula is C43H48Cl2N6O6S. The molecule has 15 heteroatoms. The third-order valence-electron chi connectivity index (χ3n) is 11.2. The number of carbonyl (C=O) groups excluding carboxylic acids is 1. The molecule has 2 fully saturated rings. The van der Waals surface area contributed by atoms with E-state index in [1.165, 1.54) is 34.9 Å². The minimum Gasteiger partial charge on any atom is -0.456 e. The van der Waals surface area contributed by atoms with Crippen LogP contribution in [-0.2, 0) is 10.0 Å². The molecule has 1 amide bonds. The zero-order valence-electron chi connectivity index (χ0n) is 32.8. The molecule has 7 rings (SSSR count). The SMILES string of the molecule is CN1CC[C@H](Nc2ccc(S(=O)(=O)NC(=O)c3ccc(N4CCN(CC5=C(c6ccc(Cl)cc6)CC(C)(C)CC5)CC4)cc3Oc3cccc(Cl)c3)cc2[N+](=O)[O-])C1. The van der Waals surface area contributed by atoms with Gasteiger partial charge in [0.2, 0.25) is 0 Å². The Morgan fingerprint density at radius 3 is 2.40 bits per heavy atom. The Labute approximate surface area is 350 Å².